The van der Waals surface area contributed by atoms with Crippen LogP contribution in [0.1, 0.15) is 19.3 Å². The third-order valence-corrected chi connectivity index (χ3v) is 3.27. The lowest BCUT2D eigenvalue weighted by Crippen LogP contribution is -2.42. The highest BCUT2D eigenvalue weighted by Gasteiger charge is 2.28. The molecule has 0 heterocycles. The highest BCUT2D eigenvalue weighted by Crippen LogP contribution is 2.20. The van der Waals surface area contributed by atoms with Crippen LogP contribution in [0.25, 0.3) is 0 Å². The molecule has 0 bridgehead atoms. The van der Waals surface area contributed by atoms with Gasteiger partial charge >= 0.3 is 5.97 Å². The first-order valence-electron chi connectivity index (χ1n) is 6.86. The second-order valence-electron chi connectivity index (χ2n) is 4.95. The number of carboxylic acid groups (broad SMARTS) is 1. The predicted octanol–water partition coefficient (Wildman–Crippen LogP) is 0.177. The normalized spacial score (nSPS) is 16.8. The molecule has 0 amide bonds. The zero-order valence-corrected chi connectivity index (χ0v) is 11.9. The van der Waals surface area contributed by atoms with Crippen molar-refractivity contribution in [3.8, 4) is 0 Å². The van der Waals surface area contributed by atoms with Gasteiger partial charge in [0.05, 0.1) is 13.2 Å². The summed E-state index contributed by atoms with van der Waals surface area (Å²) in [7, 11) is 3.34. The van der Waals surface area contributed by atoms with Gasteiger partial charge in [0, 0.05) is 39.9 Å². The minimum atomic E-state index is -0.759. The van der Waals surface area contributed by atoms with E-state index in [1.54, 1.807) is 14.2 Å². The van der Waals surface area contributed by atoms with Gasteiger partial charge in [-0.15, -0.1) is 0 Å². The number of hydrogen-bond donors (Lipinski definition) is 2. The van der Waals surface area contributed by atoms with E-state index in [2.05, 4.69) is 10.2 Å². The average molecular weight is 274 g/mol. The van der Waals surface area contributed by atoms with E-state index in [-0.39, 0.29) is 0 Å². The summed E-state index contributed by atoms with van der Waals surface area (Å²) in [5.74, 6) is -0.759. The zero-order valence-electron chi connectivity index (χ0n) is 11.9. The van der Waals surface area contributed by atoms with Gasteiger partial charge in [0.25, 0.3) is 0 Å². The minimum absolute atomic E-state index is 0.410. The molecule has 1 saturated carbocycles. The highest BCUT2D eigenvalue weighted by molar-refractivity contribution is 5.73. The molecule has 0 saturated heterocycles. The Morgan fingerprint density at radius 3 is 2.26 bits per heavy atom. The monoisotopic (exact) mass is 274 g/mol. The molecular formula is C13H26N2O4. The lowest BCUT2D eigenvalue weighted by molar-refractivity contribution is -0.139. The molecular weight excluding hydrogens is 248 g/mol. The third kappa shape index (κ3) is 7.47. The van der Waals surface area contributed by atoms with E-state index in [0.717, 1.165) is 32.5 Å². The SMILES string of the molecule is COCCN(CCOC)CCC(NC1CC1)C(=O)O. The van der Waals surface area contributed by atoms with Crippen molar-refractivity contribution in [2.24, 2.45) is 0 Å². The van der Waals surface area contributed by atoms with Gasteiger partial charge in [-0.05, 0) is 19.3 Å². The van der Waals surface area contributed by atoms with Crippen molar-refractivity contribution in [1.29, 1.82) is 0 Å². The Morgan fingerprint density at radius 1 is 1.26 bits per heavy atom. The zero-order chi connectivity index (χ0) is 14.1. The van der Waals surface area contributed by atoms with E-state index in [0.29, 0.717) is 25.7 Å². The molecule has 1 unspecified atom stereocenters. The lowest BCUT2D eigenvalue weighted by atomic mass is 10.2. The number of hydrogen-bond acceptors (Lipinski definition) is 5. The first-order chi connectivity index (χ1) is 9.17. The van der Waals surface area contributed by atoms with Gasteiger partial charge in [-0.25, -0.2) is 0 Å². The maximum Gasteiger partial charge on any atom is 0.320 e. The van der Waals surface area contributed by atoms with Crippen LogP contribution in [0.15, 0.2) is 0 Å². The number of methoxy groups -OCH3 is 2. The standard InChI is InChI=1S/C13H26N2O4/c1-18-9-7-15(8-10-19-2)6-5-12(13(16)17)14-11-3-4-11/h11-12,14H,3-10H2,1-2H3,(H,16,17). The van der Waals surface area contributed by atoms with Crippen LogP contribution in [0.2, 0.25) is 0 Å². The molecule has 0 spiro atoms. The number of aliphatic carboxylic acids is 1. The van der Waals surface area contributed by atoms with Crippen LogP contribution in [0.4, 0.5) is 0 Å². The van der Waals surface area contributed by atoms with Crippen molar-refractivity contribution in [1.82, 2.24) is 10.2 Å². The first kappa shape index (κ1) is 16.4. The van der Waals surface area contributed by atoms with Gasteiger partial charge in [0.1, 0.15) is 6.04 Å². The summed E-state index contributed by atoms with van der Waals surface area (Å²) in [6.07, 6.45) is 2.81. The van der Waals surface area contributed by atoms with Crippen LogP contribution < -0.4 is 5.32 Å². The van der Waals surface area contributed by atoms with Crippen LogP contribution in [-0.4, -0.2) is 75.1 Å². The second-order valence-corrected chi connectivity index (χ2v) is 4.95. The third-order valence-electron chi connectivity index (χ3n) is 3.27. The maximum absolute atomic E-state index is 11.2. The van der Waals surface area contributed by atoms with Gasteiger partial charge in [-0.1, -0.05) is 0 Å². The molecule has 1 aliphatic rings. The highest BCUT2D eigenvalue weighted by atomic mass is 16.5. The molecule has 1 fully saturated rings. The van der Waals surface area contributed by atoms with Gasteiger partial charge in [0.2, 0.25) is 0 Å². The quantitative estimate of drug-likeness (QED) is 0.529. The van der Waals surface area contributed by atoms with Gasteiger partial charge in [0.15, 0.2) is 0 Å². The summed E-state index contributed by atoms with van der Waals surface area (Å²) in [6, 6.07) is -0.0346. The Bertz CT molecular complexity index is 251. The summed E-state index contributed by atoms with van der Waals surface area (Å²) in [5.41, 5.74) is 0. The summed E-state index contributed by atoms with van der Waals surface area (Å²) >= 11 is 0. The van der Waals surface area contributed by atoms with E-state index in [1.165, 1.54) is 0 Å². The van der Waals surface area contributed by atoms with E-state index < -0.39 is 12.0 Å². The summed E-state index contributed by atoms with van der Waals surface area (Å²) in [5, 5.41) is 12.4. The van der Waals surface area contributed by atoms with Crippen molar-refractivity contribution < 1.29 is 19.4 Å². The number of nitrogens with one attached hydrogen (secondary N) is 1. The summed E-state index contributed by atoms with van der Waals surface area (Å²) in [6.45, 7) is 3.64. The van der Waals surface area contributed by atoms with Crippen molar-refractivity contribution in [3.63, 3.8) is 0 Å². The van der Waals surface area contributed by atoms with E-state index in [4.69, 9.17) is 9.47 Å². The van der Waals surface area contributed by atoms with Gasteiger partial charge < -0.3 is 19.9 Å². The lowest BCUT2D eigenvalue weighted by Gasteiger charge is -2.23. The smallest absolute Gasteiger partial charge is 0.320 e. The number of carboxylic acids is 1. The van der Waals surface area contributed by atoms with Crippen molar-refractivity contribution in [2.75, 3.05) is 47.1 Å². The van der Waals surface area contributed by atoms with E-state index in [9.17, 15) is 9.90 Å². The Hall–Kier alpha value is -0.690. The van der Waals surface area contributed by atoms with Crippen molar-refractivity contribution >= 4 is 5.97 Å². The van der Waals surface area contributed by atoms with Crippen LogP contribution in [0, 0.1) is 0 Å². The molecule has 0 aromatic carbocycles. The fourth-order valence-corrected chi connectivity index (χ4v) is 1.90. The Labute approximate surface area is 115 Å². The molecule has 0 aliphatic heterocycles. The van der Waals surface area contributed by atoms with Crippen LogP contribution in [-0.2, 0) is 14.3 Å². The van der Waals surface area contributed by atoms with Crippen LogP contribution >= 0.6 is 0 Å². The maximum atomic E-state index is 11.2. The number of ether oxygens (including phenoxy) is 2. The Balaban J connectivity index is 2.30. The van der Waals surface area contributed by atoms with E-state index >= 15 is 0 Å². The molecule has 112 valence electrons. The largest absolute Gasteiger partial charge is 0.480 e. The molecule has 19 heavy (non-hydrogen) atoms. The van der Waals surface area contributed by atoms with Crippen LogP contribution in [0.5, 0.6) is 0 Å². The molecule has 0 aromatic heterocycles. The topological polar surface area (TPSA) is 71.0 Å². The first-order valence-corrected chi connectivity index (χ1v) is 6.86. The number of carbonyl (C=O) groups is 1. The molecule has 2 N–H and O–H groups in total. The molecule has 6 heteroatoms. The number of nitrogens with zero attached hydrogens (tertiary/aromatic N) is 1. The molecule has 1 rings (SSSR count). The summed E-state index contributed by atoms with van der Waals surface area (Å²) in [4.78, 5) is 13.4. The molecule has 0 aromatic rings. The Morgan fingerprint density at radius 2 is 1.84 bits per heavy atom. The summed E-state index contributed by atoms with van der Waals surface area (Å²) < 4.78 is 10.1. The molecule has 1 atom stereocenters. The fourth-order valence-electron chi connectivity index (χ4n) is 1.90. The van der Waals surface area contributed by atoms with E-state index in [1.807, 2.05) is 0 Å². The van der Waals surface area contributed by atoms with Crippen molar-refractivity contribution in [2.45, 2.75) is 31.3 Å². The Kier molecular flexibility index (Phi) is 7.97. The van der Waals surface area contributed by atoms with Gasteiger partial charge in [-0.3, -0.25) is 9.69 Å². The van der Waals surface area contributed by atoms with Gasteiger partial charge in [-0.2, -0.15) is 0 Å². The second kappa shape index (κ2) is 9.25. The minimum Gasteiger partial charge on any atom is -0.480 e. The molecule has 0 radical (unpaired) electrons. The number of rotatable bonds is 12. The predicted molar refractivity (Wildman–Crippen MR) is 72.4 cm³/mol. The molecule has 6 nitrogen and oxygen atoms in total. The fraction of sp³-hybridized carbons (Fsp3) is 0.923. The van der Waals surface area contributed by atoms with Crippen LogP contribution in [0.3, 0.4) is 0 Å². The average Bonchev–Trinajstić information content (AvgIpc) is 3.20. The molecule has 1 aliphatic carbocycles. The van der Waals surface area contributed by atoms with Crippen molar-refractivity contribution in [3.05, 3.63) is 0 Å².